The molecule has 0 aromatic heterocycles. The average molecular weight is 317 g/mol. The molecule has 0 spiro atoms. The van der Waals surface area contributed by atoms with Crippen molar-refractivity contribution in [1.29, 1.82) is 0 Å². The maximum absolute atomic E-state index is 3.61. The SMILES string of the molecule is CCCCCC1CCC2=C3CNCCC3N3CC=CSC1=C23. The number of hydrogen-bond acceptors (Lipinski definition) is 3. The largest absolute Gasteiger partial charge is 0.360 e. The molecule has 0 aromatic carbocycles. The molecular formula is C19H28N2S. The van der Waals surface area contributed by atoms with Gasteiger partial charge in [0, 0.05) is 18.0 Å². The maximum atomic E-state index is 3.61. The van der Waals surface area contributed by atoms with Gasteiger partial charge < -0.3 is 10.2 Å². The van der Waals surface area contributed by atoms with Gasteiger partial charge in [-0.15, -0.1) is 11.8 Å². The van der Waals surface area contributed by atoms with E-state index in [1.165, 1.54) is 51.5 Å². The number of fused-ring (bicyclic) bond motifs is 2. The lowest BCUT2D eigenvalue weighted by molar-refractivity contribution is 0.296. The predicted molar refractivity (Wildman–Crippen MR) is 95.6 cm³/mol. The van der Waals surface area contributed by atoms with Crippen molar-refractivity contribution in [1.82, 2.24) is 10.2 Å². The zero-order valence-corrected chi connectivity index (χ0v) is 14.6. The van der Waals surface area contributed by atoms with Gasteiger partial charge in [-0.1, -0.05) is 32.3 Å². The first-order valence-corrected chi connectivity index (χ1v) is 10.0. The average Bonchev–Trinajstić information content (AvgIpc) is 2.71. The van der Waals surface area contributed by atoms with Gasteiger partial charge in [-0.2, -0.15) is 0 Å². The molecular weight excluding hydrogens is 288 g/mol. The molecule has 1 saturated heterocycles. The molecule has 2 unspecified atom stereocenters. The molecule has 4 aliphatic rings. The van der Waals surface area contributed by atoms with E-state index < -0.39 is 0 Å². The van der Waals surface area contributed by atoms with Gasteiger partial charge in [0.25, 0.3) is 0 Å². The van der Waals surface area contributed by atoms with Gasteiger partial charge in [-0.25, -0.2) is 0 Å². The van der Waals surface area contributed by atoms with E-state index in [1.54, 1.807) is 21.7 Å². The number of hydrogen-bond donors (Lipinski definition) is 1. The van der Waals surface area contributed by atoms with Crippen molar-refractivity contribution in [2.75, 3.05) is 19.6 Å². The summed E-state index contributed by atoms with van der Waals surface area (Å²) in [5, 5.41) is 5.96. The van der Waals surface area contributed by atoms with Crippen LogP contribution in [0.2, 0.25) is 0 Å². The minimum atomic E-state index is 0.694. The monoisotopic (exact) mass is 316 g/mol. The van der Waals surface area contributed by atoms with Crippen molar-refractivity contribution in [3.63, 3.8) is 0 Å². The van der Waals surface area contributed by atoms with Crippen molar-refractivity contribution in [3.05, 3.63) is 33.2 Å². The first kappa shape index (κ1) is 14.9. The van der Waals surface area contributed by atoms with E-state index >= 15 is 0 Å². The molecule has 2 nitrogen and oxygen atoms in total. The Morgan fingerprint density at radius 3 is 3.18 bits per heavy atom. The molecule has 0 aromatic rings. The van der Waals surface area contributed by atoms with Crippen LogP contribution in [0, 0.1) is 5.92 Å². The van der Waals surface area contributed by atoms with Crippen LogP contribution in [0.5, 0.6) is 0 Å². The fraction of sp³-hybridized carbons (Fsp3) is 0.684. The van der Waals surface area contributed by atoms with Crippen molar-refractivity contribution in [3.8, 4) is 0 Å². The van der Waals surface area contributed by atoms with Crippen molar-refractivity contribution in [2.24, 2.45) is 5.92 Å². The number of rotatable bonds is 4. The molecule has 0 bridgehead atoms. The second-order valence-corrected chi connectivity index (χ2v) is 8.02. The van der Waals surface area contributed by atoms with Crippen LogP contribution in [0.15, 0.2) is 33.2 Å². The molecule has 3 heterocycles. The molecule has 0 radical (unpaired) electrons. The Hall–Kier alpha value is -0.670. The minimum Gasteiger partial charge on any atom is -0.360 e. The Bertz CT molecular complexity index is 532. The molecule has 1 aliphatic carbocycles. The smallest absolute Gasteiger partial charge is 0.0537 e. The number of piperidine rings is 1. The van der Waals surface area contributed by atoms with Gasteiger partial charge in [-0.3, -0.25) is 0 Å². The topological polar surface area (TPSA) is 15.3 Å². The highest BCUT2D eigenvalue weighted by molar-refractivity contribution is 8.05. The zero-order valence-electron chi connectivity index (χ0n) is 13.7. The van der Waals surface area contributed by atoms with Crippen LogP contribution in [-0.4, -0.2) is 30.6 Å². The van der Waals surface area contributed by atoms with Crippen molar-refractivity contribution < 1.29 is 0 Å². The highest BCUT2D eigenvalue weighted by Gasteiger charge is 2.41. The zero-order chi connectivity index (χ0) is 14.9. The van der Waals surface area contributed by atoms with E-state index in [0.717, 1.165) is 19.0 Å². The quantitative estimate of drug-likeness (QED) is 0.773. The van der Waals surface area contributed by atoms with Gasteiger partial charge in [0.15, 0.2) is 0 Å². The number of thioether (sulfide) groups is 1. The minimum absolute atomic E-state index is 0.694. The molecule has 22 heavy (non-hydrogen) atoms. The summed E-state index contributed by atoms with van der Waals surface area (Å²) in [6.45, 7) is 5.73. The van der Waals surface area contributed by atoms with E-state index in [4.69, 9.17) is 0 Å². The highest BCUT2D eigenvalue weighted by Crippen LogP contribution is 2.51. The van der Waals surface area contributed by atoms with Crippen molar-refractivity contribution in [2.45, 2.75) is 57.9 Å². The van der Waals surface area contributed by atoms with E-state index in [-0.39, 0.29) is 0 Å². The lowest BCUT2D eigenvalue weighted by Crippen LogP contribution is -2.40. The fourth-order valence-electron chi connectivity index (χ4n) is 4.66. The second-order valence-electron chi connectivity index (χ2n) is 7.07. The lowest BCUT2D eigenvalue weighted by Gasteiger charge is -2.34. The van der Waals surface area contributed by atoms with Gasteiger partial charge >= 0.3 is 0 Å². The first-order valence-electron chi connectivity index (χ1n) is 9.15. The second kappa shape index (κ2) is 6.45. The number of nitrogens with zero attached hydrogens (tertiary/aromatic N) is 1. The molecule has 3 heteroatoms. The summed E-state index contributed by atoms with van der Waals surface area (Å²) >= 11 is 2.03. The van der Waals surface area contributed by atoms with E-state index in [0.29, 0.717) is 6.04 Å². The molecule has 120 valence electrons. The Balaban J connectivity index is 1.68. The Labute approximate surface area is 139 Å². The summed E-state index contributed by atoms with van der Waals surface area (Å²) in [5.41, 5.74) is 5.10. The van der Waals surface area contributed by atoms with Gasteiger partial charge in [0.1, 0.15) is 0 Å². The summed E-state index contributed by atoms with van der Waals surface area (Å²) in [4.78, 5) is 4.44. The van der Waals surface area contributed by atoms with Gasteiger partial charge in [0.05, 0.1) is 11.7 Å². The summed E-state index contributed by atoms with van der Waals surface area (Å²) < 4.78 is 0. The van der Waals surface area contributed by atoms with Crippen LogP contribution in [0.3, 0.4) is 0 Å². The molecule has 1 fully saturated rings. The fourth-order valence-corrected chi connectivity index (χ4v) is 5.77. The summed E-state index contributed by atoms with van der Waals surface area (Å²) in [6, 6.07) is 0.694. The molecule has 0 saturated carbocycles. The molecule has 2 atom stereocenters. The highest BCUT2D eigenvalue weighted by atomic mass is 32.2. The van der Waals surface area contributed by atoms with E-state index in [1.807, 2.05) is 11.8 Å². The number of unbranched alkanes of at least 4 members (excludes halogenated alkanes) is 2. The summed E-state index contributed by atoms with van der Waals surface area (Å²) in [5.74, 6) is 0.814. The van der Waals surface area contributed by atoms with Crippen LogP contribution >= 0.6 is 11.8 Å². The Morgan fingerprint density at radius 1 is 1.32 bits per heavy atom. The summed E-state index contributed by atoms with van der Waals surface area (Å²) in [6.07, 6.45) is 11.9. The molecule has 4 rings (SSSR count). The third-order valence-electron chi connectivity index (χ3n) is 5.75. The van der Waals surface area contributed by atoms with E-state index in [9.17, 15) is 0 Å². The molecule has 3 aliphatic heterocycles. The van der Waals surface area contributed by atoms with Crippen LogP contribution in [0.25, 0.3) is 0 Å². The van der Waals surface area contributed by atoms with Crippen LogP contribution in [0.1, 0.15) is 51.9 Å². The Morgan fingerprint density at radius 2 is 2.27 bits per heavy atom. The number of nitrogens with one attached hydrogen (secondary N) is 1. The van der Waals surface area contributed by atoms with Crippen LogP contribution < -0.4 is 5.32 Å². The third-order valence-corrected chi connectivity index (χ3v) is 6.85. The van der Waals surface area contributed by atoms with Crippen molar-refractivity contribution >= 4 is 11.8 Å². The summed E-state index contributed by atoms with van der Waals surface area (Å²) in [7, 11) is 0. The van der Waals surface area contributed by atoms with Crippen LogP contribution in [0.4, 0.5) is 0 Å². The van der Waals surface area contributed by atoms with Crippen LogP contribution in [-0.2, 0) is 0 Å². The lowest BCUT2D eigenvalue weighted by atomic mass is 9.85. The van der Waals surface area contributed by atoms with Gasteiger partial charge in [0.2, 0.25) is 0 Å². The molecule has 0 amide bonds. The first-order chi connectivity index (χ1) is 10.9. The standard InChI is InChI=1S/C19H28N2S/c1-2-3-4-6-14-7-8-15-16-13-20-10-9-17(16)21-11-5-12-22-19(14)18(15)21/h5,12,14,17,20H,2-4,6-11,13H2,1H3. The Kier molecular flexibility index (Phi) is 4.36. The third kappa shape index (κ3) is 2.46. The normalized spacial score (nSPS) is 30.5. The maximum Gasteiger partial charge on any atom is 0.0537 e. The number of allylic oxidation sites excluding steroid dienone is 2. The predicted octanol–water partition coefficient (Wildman–Crippen LogP) is 4.42. The van der Waals surface area contributed by atoms with Gasteiger partial charge in [-0.05, 0) is 54.7 Å². The molecule has 1 N–H and O–H groups in total. The van der Waals surface area contributed by atoms with E-state index in [2.05, 4.69) is 28.6 Å².